The summed E-state index contributed by atoms with van der Waals surface area (Å²) >= 11 is 0. The highest BCUT2D eigenvalue weighted by atomic mass is 16.3. The number of hydrogen-bond acceptors (Lipinski definition) is 3. The fourth-order valence-corrected chi connectivity index (χ4v) is 6.26. The van der Waals surface area contributed by atoms with Gasteiger partial charge in [-0.1, -0.05) is 59.7 Å². The summed E-state index contributed by atoms with van der Waals surface area (Å²) in [6, 6.07) is 29.5. The zero-order chi connectivity index (χ0) is 25.7. The van der Waals surface area contributed by atoms with E-state index in [0.717, 1.165) is 49.6 Å². The quantitative estimate of drug-likeness (QED) is 0.174. The van der Waals surface area contributed by atoms with Gasteiger partial charge in [-0.05, 0) is 67.4 Å². The Kier molecular flexibility index (Phi) is 4.06. The number of aryl methyl sites for hydroxylation is 2. The molecule has 3 heterocycles. The van der Waals surface area contributed by atoms with E-state index in [9.17, 15) is 9.59 Å². The summed E-state index contributed by atoms with van der Waals surface area (Å²) in [5, 5.41) is 4.02. The van der Waals surface area contributed by atoms with E-state index < -0.39 is 0 Å². The molecule has 38 heavy (non-hydrogen) atoms. The summed E-state index contributed by atoms with van der Waals surface area (Å²) in [4.78, 5) is 28.3. The second-order valence-corrected chi connectivity index (χ2v) is 10.2. The molecule has 0 radical (unpaired) electrons. The van der Waals surface area contributed by atoms with Crippen molar-refractivity contribution in [2.45, 2.75) is 13.8 Å². The summed E-state index contributed by atoms with van der Waals surface area (Å²) in [7, 11) is 0. The second-order valence-electron chi connectivity index (χ2n) is 10.2. The van der Waals surface area contributed by atoms with E-state index in [4.69, 9.17) is 4.42 Å². The van der Waals surface area contributed by atoms with Crippen LogP contribution in [0.2, 0.25) is 0 Å². The lowest BCUT2D eigenvalue weighted by molar-refractivity contribution is 0.669. The van der Waals surface area contributed by atoms with Crippen LogP contribution in [0.3, 0.4) is 0 Å². The van der Waals surface area contributed by atoms with Gasteiger partial charge in [0.25, 0.3) is 0 Å². The highest BCUT2D eigenvalue weighted by Crippen LogP contribution is 2.37. The van der Waals surface area contributed by atoms with Gasteiger partial charge in [-0.25, -0.2) is 0 Å². The minimum Gasteiger partial charge on any atom is -0.456 e. The Morgan fingerprint density at radius 1 is 0.553 bits per heavy atom. The fourth-order valence-electron chi connectivity index (χ4n) is 6.26. The minimum atomic E-state index is -0.0944. The largest absolute Gasteiger partial charge is 0.456 e. The average Bonchev–Trinajstić information content (AvgIpc) is 3.30. The molecule has 4 nitrogen and oxygen atoms in total. The molecule has 0 aliphatic heterocycles. The molecule has 0 unspecified atom stereocenters. The molecular weight excluding hydrogens is 470 g/mol. The first-order valence-electron chi connectivity index (χ1n) is 12.7. The van der Waals surface area contributed by atoms with Crippen LogP contribution in [0.25, 0.3) is 71.2 Å². The van der Waals surface area contributed by atoms with Crippen molar-refractivity contribution in [2.24, 2.45) is 0 Å². The second kappa shape index (κ2) is 7.30. The lowest BCUT2D eigenvalue weighted by atomic mass is 9.94. The number of pyridine rings is 2. The third-order valence-electron chi connectivity index (χ3n) is 7.76. The zero-order valence-corrected chi connectivity index (χ0v) is 20.8. The lowest BCUT2D eigenvalue weighted by Gasteiger charge is -2.16. The lowest BCUT2D eigenvalue weighted by Crippen LogP contribution is -2.14. The van der Waals surface area contributed by atoms with Gasteiger partial charge < -0.3 is 8.82 Å². The number of nitrogens with zero attached hydrogens (tertiary/aromatic N) is 1. The van der Waals surface area contributed by atoms with Gasteiger partial charge in [-0.3, -0.25) is 9.59 Å². The first kappa shape index (κ1) is 21.2. The molecule has 0 fully saturated rings. The molecule has 4 heteroatoms. The number of hydrogen-bond donors (Lipinski definition) is 0. The van der Waals surface area contributed by atoms with Gasteiger partial charge in [0.15, 0.2) is 10.9 Å². The van der Waals surface area contributed by atoms with Gasteiger partial charge in [0, 0.05) is 26.9 Å². The molecular formula is C34H21NO3. The Balaban J connectivity index is 1.70. The van der Waals surface area contributed by atoms with Crippen LogP contribution in [-0.4, -0.2) is 4.40 Å². The zero-order valence-electron chi connectivity index (χ0n) is 20.8. The molecule has 0 aliphatic carbocycles. The topological polar surface area (TPSA) is 51.7 Å². The van der Waals surface area contributed by atoms with Gasteiger partial charge in [0.05, 0.1) is 21.9 Å². The third kappa shape index (κ3) is 2.69. The molecule has 8 rings (SSSR count). The van der Waals surface area contributed by atoms with Crippen molar-refractivity contribution >= 4 is 60.0 Å². The number of furan rings is 1. The Bertz CT molecular complexity index is 2390. The van der Waals surface area contributed by atoms with Gasteiger partial charge in [-0.15, -0.1) is 0 Å². The predicted molar refractivity (Wildman–Crippen MR) is 156 cm³/mol. The molecule has 5 aromatic carbocycles. The molecule has 0 spiro atoms. The minimum absolute atomic E-state index is 0.0644. The van der Waals surface area contributed by atoms with Crippen LogP contribution < -0.4 is 10.9 Å². The molecule has 0 bridgehead atoms. The van der Waals surface area contributed by atoms with Crippen molar-refractivity contribution in [3.63, 3.8) is 0 Å². The normalized spacial score (nSPS) is 12.2. The monoisotopic (exact) mass is 491 g/mol. The summed E-state index contributed by atoms with van der Waals surface area (Å²) in [5.41, 5.74) is 7.58. The Hall–Kier alpha value is -4.96. The van der Waals surface area contributed by atoms with Crippen LogP contribution in [0.4, 0.5) is 0 Å². The standard InChI is InChI=1S/C34H21NO3/c1-18-13-19(2)15-20(14-18)21-16-24-32-25(17-21)34(37)31-27(35(32)26-9-5-3-7-22(26)33(24)36)11-12-29-30(31)23-8-4-6-10-28(23)38-29/h3-17H,1-2H3. The number of para-hydroxylation sites is 2. The Labute approximate surface area is 216 Å². The van der Waals surface area contributed by atoms with E-state index in [0.29, 0.717) is 32.6 Å². The van der Waals surface area contributed by atoms with Gasteiger partial charge in [-0.2, -0.15) is 0 Å². The summed E-state index contributed by atoms with van der Waals surface area (Å²) in [6.07, 6.45) is 0. The maximum absolute atomic E-state index is 14.5. The van der Waals surface area contributed by atoms with Crippen LogP contribution in [0.1, 0.15) is 11.1 Å². The van der Waals surface area contributed by atoms with E-state index in [1.165, 1.54) is 0 Å². The van der Waals surface area contributed by atoms with E-state index >= 15 is 0 Å². The van der Waals surface area contributed by atoms with Crippen molar-refractivity contribution in [3.8, 4) is 11.1 Å². The molecule has 8 aromatic rings. The van der Waals surface area contributed by atoms with Crippen molar-refractivity contribution in [2.75, 3.05) is 0 Å². The smallest absolute Gasteiger partial charge is 0.198 e. The molecule has 0 saturated heterocycles. The summed E-state index contributed by atoms with van der Waals surface area (Å²) < 4.78 is 8.23. The maximum atomic E-state index is 14.5. The van der Waals surface area contributed by atoms with Crippen molar-refractivity contribution in [1.82, 2.24) is 4.40 Å². The van der Waals surface area contributed by atoms with Crippen LogP contribution in [0.15, 0.2) is 105 Å². The Morgan fingerprint density at radius 3 is 2.00 bits per heavy atom. The van der Waals surface area contributed by atoms with Gasteiger partial charge >= 0.3 is 0 Å². The molecule has 0 amide bonds. The summed E-state index contributed by atoms with van der Waals surface area (Å²) in [6.45, 7) is 4.12. The average molecular weight is 492 g/mol. The number of rotatable bonds is 1. The third-order valence-corrected chi connectivity index (χ3v) is 7.76. The van der Waals surface area contributed by atoms with E-state index in [-0.39, 0.29) is 10.9 Å². The van der Waals surface area contributed by atoms with E-state index in [1.807, 2.05) is 72.8 Å². The molecule has 180 valence electrons. The number of aromatic nitrogens is 1. The highest BCUT2D eigenvalue weighted by molar-refractivity contribution is 6.21. The number of fused-ring (bicyclic) bond motifs is 8. The molecule has 0 atom stereocenters. The van der Waals surface area contributed by atoms with Crippen LogP contribution in [0.5, 0.6) is 0 Å². The van der Waals surface area contributed by atoms with Crippen LogP contribution in [0, 0.1) is 13.8 Å². The van der Waals surface area contributed by atoms with Gasteiger partial charge in [0.2, 0.25) is 0 Å². The molecule has 0 N–H and O–H groups in total. The van der Waals surface area contributed by atoms with Crippen LogP contribution in [-0.2, 0) is 0 Å². The first-order valence-corrected chi connectivity index (χ1v) is 12.7. The Morgan fingerprint density at radius 2 is 1.21 bits per heavy atom. The van der Waals surface area contributed by atoms with Crippen molar-refractivity contribution in [1.29, 1.82) is 0 Å². The van der Waals surface area contributed by atoms with E-state index in [1.54, 1.807) is 0 Å². The highest BCUT2D eigenvalue weighted by Gasteiger charge is 2.21. The van der Waals surface area contributed by atoms with Crippen molar-refractivity contribution in [3.05, 3.63) is 123 Å². The predicted octanol–water partition coefficient (Wildman–Crippen LogP) is 7.74. The van der Waals surface area contributed by atoms with Crippen LogP contribution >= 0.6 is 0 Å². The SMILES string of the molecule is Cc1cc(C)cc(-c2cc3c(=O)c4ccccc4n4c5ccc6oc7ccccc7c6c5c(=O)c(c2)c34)c1. The van der Waals surface area contributed by atoms with E-state index in [2.05, 4.69) is 36.4 Å². The molecule has 3 aromatic heterocycles. The van der Waals surface area contributed by atoms with Crippen molar-refractivity contribution < 1.29 is 4.42 Å². The molecule has 0 aliphatic rings. The fraction of sp³-hybridized carbons (Fsp3) is 0.0588. The summed E-state index contributed by atoms with van der Waals surface area (Å²) in [5.74, 6) is 0. The van der Waals surface area contributed by atoms with Gasteiger partial charge in [0.1, 0.15) is 11.2 Å². The maximum Gasteiger partial charge on any atom is 0.198 e. The first-order chi connectivity index (χ1) is 18.5. The molecule has 0 saturated carbocycles. The number of benzene rings is 5.